The molecule has 0 radical (unpaired) electrons. The molecule has 4 heteroatoms. The van der Waals surface area contributed by atoms with Crippen molar-refractivity contribution in [2.45, 2.75) is 4.90 Å². The Morgan fingerprint density at radius 1 is 1.05 bits per heavy atom. The van der Waals surface area contributed by atoms with E-state index in [1.807, 2.05) is 36.4 Å². The largest absolute Gasteiger partial charge is 0.508 e. The summed E-state index contributed by atoms with van der Waals surface area (Å²) in [6, 6.07) is 17.5. The second-order valence-electron chi connectivity index (χ2n) is 4.84. The first-order valence-corrected chi connectivity index (χ1v) is 7.45. The molecule has 3 nitrogen and oxygen atoms in total. The molecule has 2 aromatic carbocycles. The van der Waals surface area contributed by atoms with E-state index >= 15 is 0 Å². The van der Waals surface area contributed by atoms with Crippen LogP contribution in [-0.2, 0) is 0 Å². The standard InChI is InChI=1S/C17H12N2OS/c20-13-7-8-16-15(10-13)19-17(21-16)9-12-6-5-11-3-1-2-4-14(11)18-12/h1-10,19-20H. The number of rotatable bonds is 1. The van der Waals surface area contributed by atoms with Gasteiger partial charge in [0.15, 0.2) is 0 Å². The van der Waals surface area contributed by atoms with Crippen LogP contribution in [0.15, 0.2) is 64.5 Å². The van der Waals surface area contributed by atoms with E-state index in [2.05, 4.69) is 22.4 Å². The Hall–Kier alpha value is -2.46. The average molecular weight is 292 g/mol. The molecule has 0 aliphatic carbocycles. The quantitative estimate of drug-likeness (QED) is 0.695. The van der Waals surface area contributed by atoms with Crippen molar-refractivity contribution in [2.24, 2.45) is 0 Å². The number of phenols is 1. The van der Waals surface area contributed by atoms with Gasteiger partial charge in [-0.3, -0.25) is 0 Å². The lowest BCUT2D eigenvalue weighted by molar-refractivity contribution is 0.475. The van der Waals surface area contributed by atoms with Crippen molar-refractivity contribution < 1.29 is 5.11 Å². The van der Waals surface area contributed by atoms with Crippen molar-refractivity contribution in [3.63, 3.8) is 0 Å². The summed E-state index contributed by atoms with van der Waals surface area (Å²) >= 11 is 1.64. The van der Waals surface area contributed by atoms with Gasteiger partial charge in [-0.05, 0) is 30.3 Å². The molecule has 0 amide bonds. The third kappa shape index (κ3) is 2.34. The number of hydrogen-bond acceptors (Lipinski definition) is 4. The first-order valence-electron chi connectivity index (χ1n) is 6.63. The first kappa shape index (κ1) is 12.3. The Labute approximate surface area is 126 Å². The molecule has 2 heterocycles. The molecule has 0 saturated carbocycles. The number of pyridine rings is 1. The van der Waals surface area contributed by atoms with Crippen molar-refractivity contribution in [3.8, 4) is 5.75 Å². The lowest BCUT2D eigenvalue weighted by atomic mass is 10.2. The second kappa shape index (κ2) is 4.82. The highest BCUT2D eigenvalue weighted by molar-refractivity contribution is 8.03. The zero-order valence-corrected chi connectivity index (χ0v) is 11.9. The summed E-state index contributed by atoms with van der Waals surface area (Å²) in [5.41, 5.74) is 2.85. The molecule has 0 bridgehead atoms. The molecule has 3 aromatic rings. The van der Waals surface area contributed by atoms with Crippen LogP contribution in [-0.4, -0.2) is 10.1 Å². The fraction of sp³-hybridized carbons (Fsp3) is 0. The number of anilines is 1. The highest BCUT2D eigenvalue weighted by Gasteiger charge is 2.16. The van der Waals surface area contributed by atoms with Crippen LogP contribution in [0, 0.1) is 0 Å². The van der Waals surface area contributed by atoms with Gasteiger partial charge in [-0.2, -0.15) is 0 Å². The topological polar surface area (TPSA) is 45.1 Å². The Bertz CT molecular complexity index is 874. The molecule has 102 valence electrons. The van der Waals surface area contributed by atoms with Crippen LogP contribution in [0.4, 0.5) is 5.69 Å². The summed E-state index contributed by atoms with van der Waals surface area (Å²) < 4.78 is 0. The van der Waals surface area contributed by atoms with Crippen LogP contribution >= 0.6 is 11.8 Å². The van der Waals surface area contributed by atoms with Gasteiger partial charge < -0.3 is 10.4 Å². The van der Waals surface area contributed by atoms with E-state index < -0.39 is 0 Å². The van der Waals surface area contributed by atoms with Gasteiger partial charge in [0.05, 0.1) is 21.9 Å². The lowest BCUT2D eigenvalue weighted by Crippen LogP contribution is -1.90. The summed E-state index contributed by atoms with van der Waals surface area (Å²) in [5.74, 6) is 0.270. The fourth-order valence-electron chi connectivity index (χ4n) is 2.34. The normalized spacial score (nSPS) is 15.1. The van der Waals surface area contributed by atoms with E-state index in [1.54, 1.807) is 23.9 Å². The minimum absolute atomic E-state index is 0.270. The van der Waals surface area contributed by atoms with Gasteiger partial charge in [0.1, 0.15) is 5.75 Å². The van der Waals surface area contributed by atoms with E-state index in [0.29, 0.717) is 0 Å². The highest BCUT2D eigenvalue weighted by Crippen LogP contribution is 2.42. The summed E-state index contributed by atoms with van der Waals surface area (Å²) in [5, 5.41) is 15.0. The van der Waals surface area contributed by atoms with Gasteiger partial charge in [-0.15, -0.1) is 0 Å². The summed E-state index contributed by atoms with van der Waals surface area (Å²) in [4.78, 5) is 5.75. The monoisotopic (exact) mass is 292 g/mol. The zero-order valence-electron chi connectivity index (χ0n) is 11.1. The maximum Gasteiger partial charge on any atom is 0.117 e. The fourth-order valence-corrected chi connectivity index (χ4v) is 3.28. The number of phenolic OH excluding ortho intramolecular Hbond substituents is 1. The number of nitrogens with one attached hydrogen (secondary N) is 1. The van der Waals surface area contributed by atoms with Crippen LogP contribution in [0.5, 0.6) is 5.75 Å². The minimum Gasteiger partial charge on any atom is -0.508 e. The molecule has 0 atom stereocenters. The number of thioether (sulfide) groups is 1. The van der Waals surface area contributed by atoms with Crippen LogP contribution in [0.2, 0.25) is 0 Å². The summed E-state index contributed by atoms with van der Waals surface area (Å²) in [7, 11) is 0. The van der Waals surface area contributed by atoms with E-state index in [1.165, 1.54) is 0 Å². The van der Waals surface area contributed by atoms with Gasteiger partial charge >= 0.3 is 0 Å². The highest BCUT2D eigenvalue weighted by atomic mass is 32.2. The van der Waals surface area contributed by atoms with Gasteiger partial charge in [0.25, 0.3) is 0 Å². The van der Waals surface area contributed by atoms with Crippen molar-refractivity contribution in [3.05, 3.63) is 65.3 Å². The Morgan fingerprint density at radius 2 is 1.95 bits per heavy atom. The molecule has 1 aliphatic rings. The maximum absolute atomic E-state index is 9.51. The van der Waals surface area contributed by atoms with E-state index in [4.69, 9.17) is 0 Å². The van der Waals surface area contributed by atoms with Crippen LogP contribution in [0.25, 0.3) is 17.0 Å². The Kier molecular flexibility index (Phi) is 2.82. The predicted molar refractivity (Wildman–Crippen MR) is 87.3 cm³/mol. The third-order valence-electron chi connectivity index (χ3n) is 3.34. The number of para-hydroxylation sites is 1. The Balaban J connectivity index is 1.68. The maximum atomic E-state index is 9.51. The number of aromatic hydroxyl groups is 1. The molecule has 0 unspecified atom stereocenters. The Morgan fingerprint density at radius 3 is 2.90 bits per heavy atom. The number of benzene rings is 2. The van der Waals surface area contributed by atoms with Crippen molar-refractivity contribution in [2.75, 3.05) is 5.32 Å². The predicted octanol–water partition coefficient (Wildman–Crippen LogP) is 4.46. The van der Waals surface area contributed by atoms with Crippen LogP contribution < -0.4 is 5.32 Å². The molecule has 1 aromatic heterocycles. The zero-order chi connectivity index (χ0) is 14.2. The van der Waals surface area contributed by atoms with Gasteiger partial charge in [0.2, 0.25) is 0 Å². The smallest absolute Gasteiger partial charge is 0.117 e. The van der Waals surface area contributed by atoms with Crippen molar-refractivity contribution in [1.29, 1.82) is 0 Å². The molecular weight excluding hydrogens is 280 g/mol. The number of aromatic nitrogens is 1. The molecule has 2 N–H and O–H groups in total. The van der Waals surface area contributed by atoms with E-state index in [9.17, 15) is 5.11 Å². The minimum atomic E-state index is 0.270. The SMILES string of the molecule is Oc1ccc2c(c1)NC(=Cc1ccc3ccccc3n1)S2. The molecule has 0 fully saturated rings. The third-order valence-corrected chi connectivity index (χ3v) is 4.36. The average Bonchev–Trinajstić information content (AvgIpc) is 2.88. The molecule has 21 heavy (non-hydrogen) atoms. The van der Waals surface area contributed by atoms with Gasteiger partial charge in [-0.1, -0.05) is 36.0 Å². The molecule has 1 aliphatic heterocycles. The van der Waals surface area contributed by atoms with Crippen molar-refractivity contribution in [1.82, 2.24) is 4.98 Å². The van der Waals surface area contributed by atoms with Gasteiger partial charge in [-0.25, -0.2) is 4.98 Å². The molecular formula is C17H12N2OS. The summed E-state index contributed by atoms with van der Waals surface area (Å²) in [6.45, 7) is 0. The molecule has 0 saturated heterocycles. The number of nitrogens with zero attached hydrogens (tertiary/aromatic N) is 1. The van der Waals surface area contributed by atoms with Crippen LogP contribution in [0.3, 0.4) is 0 Å². The molecule has 4 rings (SSSR count). The second-order valence-corrected chi connectivity index (χ2v) is 5.93. The van der Waals surface area contributed by atoms with Crippen LogP contribution in [0.1, 0.15) is 5.69 Å². The van der Waals surface area contributed by atoms with Gasteiger partial charge in [0, 0.05) is 16.3 Å². The summed E-state index contributed by atoms with van der Waals surface area (Å²) in [6.07, 6.45) is 2.02. The number of fused-ring (bicyclic) bond motifs is 2. The van der Waals surface area contributed by atoms with Crippen molar-refractivity contribution >= 4 is 34.4 Å². The lowest BCUT2D eigenvalue weighted by Gasteiger charge is -2.01. The molecule has 0 spiro atoms. The number of hydrogen-bond donors (Lipinski definition) is 2. The first-order chi connectivity index (χ1) is 10.3. The van der Waals surface area contributed by atoms with E-state index in [0.717, 1.165) is 32.2 Å². The van der Waals surface area contributed by atoms with E-state index in [-0.39, 0.29) is 5.75 Å².